The summed E-state index contributed by atoms with van der Waals surface area (Å²) < 4.78 is 0. The number of aliphatic carboxylic acids is 1. The molecule has 0 saturated carbocycles. The highest BCUT2D eigenvalue weighted by atomic mass is 32.2. The Labute approximate surface area is 348 Å². The van der Waals surface area contributed by atoms with Crippen LogP contribution in [0.2, 0.25) is 0 Å². The second-order valence-electron chi connectivity index (χ2n) is 14.6. The average Bonchev–Trinajstić information content (AvgIpc) is 3.64. The van der Waals surface area contributed by atoms with Crippen LogP contribution in [0.25, 0.3) is 0 Å². The summed E-state index contributed by atoms with van der Waals surface area (Å²) in [5.74, 6) is -6.40. The Bertz CT molecular complexity index is 1470. The van der Waals surface area contributed by atoms with Gasteiger partial charge in [0.2, 0.25) is 41.4 Å². The number of aliphatic imine (C=N–C) groups is 1. The molecule has 1 rings (SSSR count). The van der Waals surface area contributed by atoms with E-state index in [1.807, 2.05) is 6.26 Å². The van der Waals surface area contributed by atoms with Gasteiger partial charge in [-0.2, -0.15) is 24.4 Å². The van der Waals surface area contributed by atoms with E-state index in [-0.39, 0.29) is 62.8 Å². The fourth-order valence-corrected chi connectivity index (χ4v) is 6.58. The lowest BCUT2D eigenvalue weighted by atomic mass is 10.0. The summed E-state index contributed by atoms with van der Waals surface area (Å²) in [7, 11) is 0. The number of nitrogens with one attached hydrogen (secondary N) is 6. The number of thiol groups is 1. The van der Waals surface area contributed by atoms with Gasteiger partial charge in [0, 0.05) is 18.8 Å². The van der Waals surface area contributed by atoms with Gasteiger partial charge in [-0.25, -0.2) is 4.79 Å². The number of carboxylic acids is 1. The van der Waals surface area contributed by atoms with E-state index in [1.165, 1.54) is 37.4 Å². The van der Waals surface area contributed by atoms with Crippen LogP contribution in [0.3, 0.4) is 0 Å². The van der Waals surface area contributed by atoms with Gasteiger partial charge < -0.3 is 64.2 Å². The third kappa shape index (κ3) is 17.6. The number of carboxylic acid groups (broad SMARTS) is 1. The highest BCUT2D eigenvalue weighted by Crippen LogP contribution is 2.19. The molecule has 0 spiro atoms. The normalized spacial score (nSPS) is 17.9. The molecule has 0 aromatic carbocycles. The van der Waals surface area contributed by atoms with Crippen molar-refractivity contribution < 1.29 is 48.6 Å². The number of carbonyl (C=O) groups excluding carboxylic acids is 7. The third-order valence-electron chi connectivity index (χ3n) is 9.00. The van der Waals surface area contributed by atoms with Gasteiger partial charge in [-0.1, -0.05) is 13.8 Å². The number of nitrogens with two attached hydrogens (primary N) is 3. The Morgan fingerprint density at radius 3 is 1.91 bits per heavy atom. The van der Waals surface area contributed by atoms with Crippen LogP contribution >= 0.6 is 24.4 Å². The topological polar surface area (TPSA) is 343 Å². The van der Waals surface area contributed by atoms with E-state index >= 15 is 0 Å². The van der Waals surface area contributed by atoms with E-state index in [9.17, 15) is 48.6 Å². The van der Waals surface area contributed by atoms with Crippen molar-refractivity contribution in [2.75, 3.05) is 30.9 Å². The number of aliphatic hydroxyl groups is 1. The van der Waals surface area contributed by atoms with E-state index in [0.717, 1.165) is 0 Å². The van der Waals surface area contributed by atoms with Crippen LogP contribution < -0.4 is 49.1 Å². The smallest absolute Gasteiger partial charge is 0.327 e. The van der Waals surface area contributed by atoms with Crippen LogP contribution in [0.5, 0.6) is 0 Å². The van der Waals surface area contributed by atoms with Gasteiger partial charge in [0.05, 0.1) is 12.1 Å². The van der Waals surface area contributed by atoms with Gasteiger partial charge in [0.25, 0.3) is 0 Å². The molecule has 1 saturated heterocycles. The Morgan fingerprint density at radius 2 is 1.38 bits per heavy atom. The molecule has 1 aliphatic rings. The highest BCUT2D eigenvalue weighted by Gasteiger charge is 2.39. The van der Waals surface area contributed by atoms with Gasteiger partial charge in [-0.05, 0) is 77.2 Å². The van der Waals surface area contributed by atoms with Crippen LogP contribution in [-0.4, -0.2) is 154 Å². The van der Waals surface area contributed by atoms with Crippen molar-refractivity contribution >= 4 is 77.7 Å². The zero-order valence-electron chi connectivity index (χ0n) is 34.0. The first kappa shape index (κ1) is 51.7. The summed E-state index contributed by atoms with van der Waals surface area (Å²) in [6, 6.07) is -9.48. The SMILES string of the molecule is CSCC[C@H](NC(=O)[C@H](C)N)C(=O)N[C@@H](C)C(=O)N1CCC[C@H]1C(=O)N[C@@H](CCCN=C(N)N)C(=O)N[C@H](C(=O)N[C@@H](CC(C)C)C(=O)N[C@@H](CS)C(=O)O)[C@@H](C)O. The number of hydrogen-bond acceptors (Lipinski definition) is 13. The zero-order valence-corrected chi connectivity index (χ0v) is 35.7. The van der Waals surface area contributed by atoms with Gasteiger partial charge >= 0.3 is 5.97 Å². The number of rotatable bonds is 25. The molecule has 1 heterocycles. The first-order chi connectivity index (χ1) is 27.1. The van der Waals surface area contributed by atoms with E-state index in [1.54, 1.807) is 13.8 Å². The van der Waals surface area contributed by atoms with Gasteiger partial charge in [0.15, 0.2) is 5.96 Å². The molecule has 0 unspecified atom stereocenters. The molecule has 14 N–H and O–H groups in total. The average molecular weight is 862 g/mol. The predicted molar refractivity (Wildman–Crippen MR) is 221 cm³/mol. The number of amides is 7. The van der Waals surface area contributed by atoms with Gasteiger partial charge in [-0.3, -0.25) is 38.6 Å². The standard InChI is InChI=1S/C35H63N11O10S2/c1-17(2)15-23(30(51)44-24(16-57)34(55)56)43-32(53)26(20(5)47)45-29(50)21(9-7-12-39-35(37)38)42-31(52)25-10-8-13-46(25)33(54)19(4)40-28(49)22(11-14-58-6)41-27(48)18(3)36/h17-26,47,57H,7-16,36H2,1-6H3,(H,40,49)(H,41,48)(H,42,52)(H,43,53)(H,44,51)(H,45,50)(H,55,56)(H4,37,38,39)/t18-,19-,20+,21-,22-,23-,24-,25-,26-/m0/s1. The lowest BCUT2D eigenvalue weighted by Crippen LogP contribution is -2.61. The second-order valence-corrected chi connectivity index (χ2v) is 15.9. The number of guanidine groups is 1. The number of nitrogens with zero attached hydrogens (tertiary/aromatic N) is 2. The van der Waals surface area contributed by atoms with Crippen molar-refractivity contribution in [1.82, 2.24) is 36.8 Å². The number of hydrogen-bond donors (Lipinski definition) is 12. The Kier molecular flexibility index (Phi) is 23.1. The fraction of sp³-hybridized carbons (Fsp3) is 0.743. The number of likely N-dealkylation sites (tertiary alicyclic amines) is 1. The van der Waals surface area contributed by atoms with Crippen LogP contribution in [0.1, 0.15) is 73.1 Å². The fourth-order valence-electron chi connectivity index (χ4n) is 5.86. The van der Waals surface area contributed by atoms with Gasteiger partial charge in [-0.15, -0.1) is 0 Å². The molecular weight excluding hydrogens is 799 g/mol. The summed E-state index contributed by atoms with van der Waals surface area (Å²) >= 11 is 5.42. The molecule has 23 heteroatoms. The van der Waals surface area contributed by atoms with Crippen molar-refractivity contribution in [2.45, 2.75) is 128 Å². The lowest BCUT2D eigenvalue weighted by Gasteiger charge is -2.30. The first-order valence-corrected chi connectivity index (χ1v) is 21.1. The second kappa shape index (κ2) is 25.9. The molecule has 0 aromatic rings. The van der Waals surface area contributed by atoms with Crippen LogP contribution in [0, 0.1) is 5.92 Å². The van der Waals surface area contributed by atoms with Gasteiger partial charge in [0.1, 0.15) is 42.3 Å². The highest BCUT2D eigenvalue weighted by molar-refractivity contribution is 7.98. The largest absolute Gasteiger partial charge is 0.480 e. The van der Waals surface area contributed by atoms with E-state index in [2.05, 4.69) is 49.5 Å². The Morgan fingerprint density at radius 1 is 0.810 bits per heavy atom. The Hall–Kier alpha value is -4.35. The van der Waals surface area contributed by atoms with Crippen molar-refractivity contribution in [2.24, 2.45) is 28.1 Å². The van der Waals surface area contributed by atoms with Crippen LogP contribution in [0.4, 0.5) is 0 Å². The summed E-state index contributed by atoms with van der Waals surface area (Å²) in [5, 5.41) is 35.1. The molecule has 1 fully saturated rings. The van der Waals surface area contributed by atoms with E-state index < -0.39 is 102 Å². The molecule has 330 valence electrons. The summed E-state index contributed by atoms with van der Waals surface area (Å²) in [4.78, 5) is 110. The molecule has 7 amide bonds. The monoisotopic (exact) mass is 861 g/mol. The van der Waals surface area contributed by atoms with Crippen molar-refractivity contribution in [3.05, 3.63) is 0 Å². The van der Waals surface area contributed by atoms with E-state index in [4.69, 9.17) is 17.2 Å². The van der Waals surface area contributed by atoms with E-state index in [0.29, 0.717) is 12.2 Å². The predicted octanol–water partition coefficient (Wildman–Crippen LogP) is -3.50. The van der Waals surface area contributed by atoms with Crippen molar-refractivity contribution in [1.29, 1.82) is 0 Å². The number of thioether (sulfide) groups is 1. The van der Waals surface area contributed by atoms with Crippen LogP contribution in [0.15, 0.2) is 4.99 Å². The minimum absolute atomic E-state index is 0.0428. The third-order valence-corrected chi connectivity index (χ3v) is 10.0. The van der Waals surface area contributed by atoms with Crippen LogP contribution in [-0.2, 0) is 38.4 Å². The molecule has 0 aliphatic carbocycles. The van der Waals surface area contributed by atoms with Crippen molar-refractivity contribution in [3.63, 3.8) is 0 Å². The molecule has 1 aliphatic heterocycles. The molecule has 9 atom stereocenters. The molecule has 0 aromatic heterocycles. The Balaban J connectivity index is 3.24. The number of aliphatic hydroxyl groups excluding tert-OH is 1. The molecule has 58 heavy (non-hydrogen) atoms. The quantitative estimate of drug-likeness (QED) is 0.0184. The first-order valence-electron chi connectivity index (χ1n) is 19.1. The molecule has 0 radical (unpaired) electrons. The summed E-state index contributed by atoms with van der Waals surface area (Å²) in [6.07, 6.45) is 1.51. The lowest BCUT2D eigenvalue weighted by molar-refractivity contribution is -0.142. The summed E-state index contributed by atoms with van der Waals surface area (Å²) in [6.45, 7) is 7.95. The maximum Gasteiger partial charge on any atom is 0.327 e. The minimum atomic E-state index is -1.63. The summed E-state index contributed by atoms with van der Waals surface area (Å²) in [5.41, 5.74) is 16.5. The molecule has 0 bridgehead atoms. The molecular formula is C35H63N11O10S2. The van der Waals surface area contributed by atoms with Crippen molar-refractivity contribution in [3.8, 4) is 0 Å². The minimum Gasteiger partial charge on any atom is -0.480 e. The maximum atomic E-state index is 13.8. The maximum absolute atomic E-state index is 13.8. The number of carbonyl (C=O) groups is 8. The zero-order chi connectivity index (χ0) is 44.3. The molecule has 21 nitrogen and oxygen atoms in total.